The van der Waals surface area contributed by atoms with E-state index in [1.165, 1.54) is 11.3 Å². The molecule has 114 valence electrons. The number of amides is 1. The monoisotopic (exact) mass is 333 g/mol. The smallest absolute Gasteiger partial charge is 0.301 e. The number of aryl methyl sites for hydroxylation is 2. The minimum absolute atomic E-state index is 0.242. The highest BCUT2D eigenvalue weighted by Crippen LogP contribution is 2.17. The topological polar surface area (TPSA) is 60.4 Å². The van der Waals surface area contributed by atoms with Crippen LogP contribution in [0.25, 0.3) is 10.2 Å². The fourth-order valence-electron chi connectivity index (χ4n) is 2.12. The van der Waals surface area contributed by atoms with E-state index < -0.39 is 0 Å². The molecule has 0 aliphatic rings. The minimum atomic E-state index is -0.374. The van der Waals surface area contributed by atoms with Crippen LogP contribution in [0.2, 0.25) is 0 Å². The first-order valence-electron chi connectivity index (χ1n) is 6.78. The molecule has 0 aliphatic carbocycles. The molecular weight excluding hydrogens is 318 g/mol. The average molecular weight is 333 g/mol. The third kappa shape index (κ3) is 3.00. The SMILES string of the molecule is CSCCn1c(=NC(=O)c2cc(C)on2)sc2ccccc21. The quantitative estimate of drug-likeness (QED) is 0.736. The van der Waals surface area contributed by atoms with Crippen molar-refractivity contribution in [3.63, 3.8) is 0 Å². The Labute approximate surface area is 135 Å². The van der Waals surface area contributed by atoms with E-state index in [1.54, 1.807) is 24.8 Å². The Bertz CT molecular complexity index is 876. The van der Waals surface area contributed by atoms with Gasteiger partial charge in [0.1, 0.15) is 5.76 Å². The highest BCUT2D eigenvalue weighted by molar-refractivity contribution is 7.98. The van der Waals surface area contributed by atoms with E-state index in [2.05, 4.69) is 27.0 Å². The number of carbonyl (C=O) groups is 1. The lowest BCUT2D eigenvalue weighted by Gasteiger charge is -2.02. The Kier molecular flexibility index (Phi) is 4.44. The first-order valence-corrected chi connectivity index (χ1v) is 9.00. The molecule has 2 heterocycles. The highest BCUT2D eigenvalue weighted by atomic mass is 32.2. The summed E-state index contributed by atoms with van der Waals surface area (Å²) in [6, 6.07) is 9.68. The Morgan fingerprint density at radius 1 is 1.45 bits per heavy atom. The summed E-state index contributed by atoms with van der Waals surface area (Å²) < 4.78 is 8.14. The van der Waals surface area contributed by atoms with Crippen LogP contribution in [0.4, 0.5) is 0 Å². The number of rotatable bonds is 4. The first-order chi connectivity index (χ1) is 10.7. The molecule has 0 atom stereocenters. The number of para-hydroxylation sites is 1. The van der Waals surface area contributed by atoms with Crippen molar-refractivity contribution >= 4 is 39.2 Å². The third-order valence-electron chi connectivity index (χ3n) is 3.15. The summed E-state index contributed by atoms with van der Waals surface area (Å²) in [5.74, 6) is 1.19. The number of aromatic nitrogens is 2. The second kappa shape index (κ2) is 6.50. The zero-order valence-electron chi connectivity index (χ0n) is 12.3. The van der Waals surface area contributed by atoms with E-state index in [9.17, 15) is 4.79 Å². The Morgan fingerprint density at radius 2 is 2.27 bits per heavy atom. The lowest BCUT2D eigenvalue weighted by Crippen LogP contribution is -2.18. The predicted molar refractivity (Wildman–Crippen MR) is 89.3 cm³/mol. The molecule has 0 fully saturated rings. The van der Waals surface area contributed by atoms with Crippen LogP contribution in [0.15, 0.2) is 39.8 Å². The number of nitrogens with zero attached hydrogens (tertiary/aromatic N) is 3. The minimum Gasteiger partial charge on any atom is -0.361 e. The van der Waals surface area contributed by atoms with Crippen LogP contribution in [0, 0.1) is 6.92 Å². The van der Waals surface area contributed by atoms with Gasteiger partial charge in [-0.15, -0.1) is 0 Å². The summed E-state index contributed by atoms with van der Waals surface area (Å²) in [4.78, 5) is 17.2. The van der Waals surface area contributed by atoms with E-state index in [1.807, 2.05) is 18.2 Å². The van der Waals surface area contributed by atoms with Gasteiger partial charge >= 0.3 is 5.91 Å². The van der Waals surface area contributed by atoms with E-state index in [4.69, 9.17) is 4.52 Å². The summed E-state index contributed by atoms with van der Waals surface area (Å²) in [7, 11) is 0. The van der Waals surface area contributed by atoms with Gasteiger partial charge in [-0.3, -0.25) is 4.79 Å². The number of thioether (sulfide) groups is 1. The molecule has 1 aromatic carbocycles. The molecule has 0 saturated heterocycles. The predicted octanol–water partition coefficient (Wildman–Crippen LogP) is 3.10. The number of fused-ring (bicyclic) bond motifs is 1. The molecule has 0 saturated carbocycles. The number of hydrogen-bond donors (Lipinski definition) is 0. The molecule has 0 N–H and O–H groups in total. The van der Waals surface area contributed by atoms with Crippen LogP contribution in [-0.2, 0) is 6.54 Å². The maximum Gasteiger partial charge on any atom is 0.301 e. The van der Waals surface area contributed by atoms with E-state index in [0.717, 1.165) is 22.5 Å². The van der Waals surface area contributed by atoms with Crippen LogP contribution in [-0.4, -0.2) is 27.6 Å². The number of thiazole rings is 1. The number of benzene rings is 1. The van der Waals surface area contributed by atoms with Crippen LogP contribution in [0.5, 0.6) is 0 Å². The number of carbonyl (C=O) groups excluding carboxylic acids is 1. The summed E-state index contributed by atoms with van der Waals surface area (Å²) in [6.45, 7) is 2.57. The van der Waals surface area contributed by atoms with E-state index in [-0.39, 0.29) is 11.6 Å². The molecule has 7 heteroatoms. The molecule has 0 bridgehead atoms. The molecule has 1 amide bonds. The van der Waals surface area contributed by atoms with Crippen molar-refractivity contribution in [1.29, 1.82) is 0 Å². The van der Waals surface area contributed by atoms with E-state index in [0.29, 0.717) is 10.6 Å². The molecule has 0 spiro atoms. The molecule has 3 rings (SSSR count). The van der Waals surface area contributed by atoms with E-state index >= 15 is 0 Å². The van der Waals surface area contributed by atoms with Gasteiger partial charge in [-0.25, -0.2) is 0 Å². The fourth-order valence-corrected chi connectivity index (χ4v) is 3.54. The molecule has 22 heavy (non-hydrogen) atoms. The van der Waals surface area contributed by atoms with Gasteiger partial charge in [0.2, 0.25) is 0 Å². The summed E-state index contributed by atoms with van der Waals surface area (Å²) in [6.07, 6.45) is 2.06. The molecule has 3 aromatic rings. The van der Waals surface area contributed by atoms with Gasteiger partial charge < -0.3 is 9.09 Å². The van der Waals surface area contributed by atoms with Crippen molar-refractivity contribution < 1.29 is 9.32 Å². The largest absolute Gasteiger partial charge is 0.361 e. The third-order valence-corrected chi connectivity index (χ3v) is 4.80. The standard InChI is InChI=1S/C15H15N3O2S2/c1-10-9-11(17-20-10)14(19)16-15-18(7-8-21-2)12-5-3-4-6-13(12)22-15/h3-6,9H,7-8H2,1-2H3. The van der Waals surface area contributed by atoms with Gasteiger partial charge in [0, 0.05) is 18.4 Å². The summed E-state index contributed by atoms with van der Waals surface area (Å²) in [5, 5.41) is 3.73. The normalized spacial score (nSPS) is 12.2. The van der Waals surface area contributed by atoms with Gasteiger partial charge in [-0.05, 0) is 25.3 Å². The maximum absolute atomic E-state index is 12.2. The Morgan fingerprint density at radius 3 is 3.00 bits per heavy atom. The molecule has 2 aromatic heterocycles. The van der Waals surface area contributed by atoms with Crippen molar-refractivity contribution in [2.24, 2.45) is 4.99 Å². The number of hydrogen-bond acceptors (Lipinski definition) is 5. The molecule has 0 aliphatic heterocycles. The van der Waals surface area contributed by atoms with Crippen LogP contribution in [0.1, 0.15) is 16.2 Å². The summed E-state index contributed by atoms with van der Waals surface area (Å²) in [5.41, 5.74) is 1.34. The Balaban J connectivity index is 2.08. The maximum atomic E-state index is 12.2. The van der Waals surface area contributed by atoms with Gasteiger partial charge in [-0.2, -0.15) is 16.8 Å². The fraction of sp³-hybridized carbons (Fsp3) is 0.267. The van der Waals surface area contributed by atoms with Crippen LogP contribution >= 0.6 is 23.1 Å². The molecule has 5 nitrogen and oxygen atoms in total. The molecule has 0 unspecified atom stereocenters. The van der Waals surface area contributed by atoms with Crippen molar-refractivity contribution in [3.8, 4) is 0 Å². The summed E-state index contributed by atoms with van der Waals surface area (Å²) >= 11 is 3.28. The second-order valence-corrected chi connectivity index (χ2v) is 6.73. The van der Waals surface area contributed by atoms with Crippen molar-refractivity contribution in [3.05, 3.63) is 46.6 Å². The highest BCUT2D eigenvalue weighted by Gasteiger charge is 2.12. The zero-order chi connectivity index (χ0) is 15.5. The van der Waals surface area contributed by atoms with Gasteiger partial charge in [0.15, 0.2) is 10.5 Å². The first kappa shape index (κ1) is 15.1. The van der Waals surface area contributed by atoms with Crippen LogP contribution < -0.4 is 4.80 Å². The molecule has 0 radical (unpaired) electrons. The van der Waals surface area contributed by atoms with Gasteiger partial charge in [-0.1, -0.05) is 28.6 Å². The van der Waals surface area contributed by atoms with Crippen LogP contribution in [0.3, 0.4) is 0 Å². The lowest BCUT2D eigenvalue weighted by atomic mass is 10.3. The molecular formula is C15H15N3O2S2. The average Bonchev–Trinajstić information content (AvgIpc) is 3.09. The van der Waals surface area contributed by atoms with Crippen molar-refractivity contribution in [2.75, 3.05) is 12.0 Å². The second-order valence-electron chi connectivity index (χ2n) is 4.74. The lowest BCUT2D eigenvalue weighted by molar-refractivity contribution is 0.0989. The van der Waals surface area contributed by atoms with Crippen molar-refractivity contribution in [2.45, 2.75) is 13.5 Å². The van der Waals surface area contributed by atoms with Crippen molar-refractivity contribution in [1.82, 2.24) is 9.72 Å². The Hall–Kier alpha value is -1.86. The van der Waals surface area contributed by atoms with Gasteiger partial charge in [0.05, 0.1) is 10.2 Å². The zero-order valence-corrected chi connectivity index (χ0v) is 13.9. The van der Waals surface area contributed by atoms with Gasteiger partial charge in [0.25, 0.3) is 0 Å².